The van der Waals surface area contributed by atoms with Gasteiger partial charge >= 0.3 is 0 Å². The van der Waals surface area contributed by atoms with Gasteiger partial charge in [-0.05, 0) is 44.0 Å². The molecule has 1 atom stereocenters. The molecule has 3 N–H and O–H groups in total. The summed E-state index contributed by atoms with van der Waals surface area (Å²) in [4.78, 5) is 41.9. The van der Waals surface area contributed by atoms with Crippen molar-refractivity contribution in [3.05, 3.63) is 60.2 Å². The Morgan fingerprint density at radius 3 is 2.45 bits per heavy atom. The average molecular weight is 391 g/mol. The predicted octanol–water partition coefficient (Wildman–Crippen LogP) is 1.86. The van der Waals surface area contributed by atoms with Gasteiger partial charge in [0.25, 0.3) is 17.7 Å². The number of hydrogen-bond donors (Lipinski definition) is 3. The lowest BCUT2D eigenvalue weighted by atomic mass is 10.1. The van der Waals surface area contributed by atoms with Crippen LogP contribution in [0, 0.1) is 0 Å². The Morgan fingerprint density at radius 1 is 1.03 bits per heavy atom. The molecule has 1 aliphatic carbocycles. The first-order valence-electron chi connectivity index (χ1n) is 9.47. The number of benzene rings is 2. The van der Waals surface area contributed by atoms with Crippen LogP contribution in [0.3, 0.4) is 0 Å². The van der Waals surface area contributed by atoms with Gasteiger partial charge in [0.15, 0.2) is 0 Å². The quantitative estimate of drug-likeness (QED) is 0.724. The molecule has 29 heavy (non-hydrogen) atoms. The van der Waals surface area contributed by atoms with Gasteiger partial charge in [-0.2, -0.15) is 0 Å². The summed E-state index contributed by atoms with van der Waals surface area (Å²) in [5.41, 5.74) is 4.16. The molecule has 1 heterocycles. The molecule has 1 aliphatic heterocycles. The molecule has 2 aromatic rings. The van der Waals surface area contributed by atoms with E-state index in [4.69, 9.17) is 0 Å². The number of hydrazine groups is 1. The normalized spacial score (nSPS) is 18.5. The molecule has 4 rings (SSSR count). The summed E-state index contributed by atoms with van der Waals surface area (Å²) < 4.78 is 0. The van der Waals surface area contributed by atoms with Crippen molar-refractivity contribution in [1.29, 1.82) is 0 Å². The zero-order valence-electron chi connectivity index (χ0n) is 15.9. The molecular weight excluding hydrogens is 370 g/mol. The van der Waals surface area contributed by atoms with Crippen LogP contribution < -0.4 is 21.1 Å². The Hall–Kier alpha value is -3.68. The molecule has 0 saturated heterocycles. The first kappa shape index (κ1) is 18.7. The smallest absolute Gasteiger partial charge is 0.292 e. The molecule has 3 amide bonds. The highest BCUT2D eigenvalue weighted by atomic mass is 16.2. The van der Waals surface area contributed by atoms with E-state index in [0.717, 1.165) is 12.8 Å². The number of aliphatic imine (C=N–C) groups is 1. The molecule has 8 heteroatoms. The second-order valence-electron chi connectivity index (χ2n) is 7.02. The lowest BCUT2D eigenvalue weighted by Crippen LogP contribution is -2.57. The van der Waals surface area contributed by atoms with Crippen LogP contribution in [-0.4, -0.2) is 35.6 Å². The summed E-state index contributed by atoms with van der Waals surface area (Å²) >= 11 is 0. The van der Waals surface area contributed by atoms with Crippen LogP contribution in [0.4, 0.5) is 11.4 Å². The average Bonchev–Trinajstić information content (AvgIpc) is 3.55. The lowest BCUT2D eigenvalue weighted by Gasteiger charge is -2.30. The van der Waals surface area contributed by atoms with Crippen molar-refractivity contribution >= 4 is 34.9 Å². The molecule has 0 aromatic heterocycles. The van der Waals surface area contributed by atoms with E-state index in [0.29, 0.717) is 16.9 Å². The number of nitrogens with zero attached hydrogens (tertiary/aromatic N) is 2. The van der Waals surface area contributed by atoms with E-state index in [2.05, 4.69) is 21.1 Å². The molecule has 0 bridgehead atoms. The number of carbonyl (C=O) groups is 3. The van der Waals surface area contributed by atoms with E-state index >= 15 is 0 Å². The number of amidine groups is 1. The molecule has 8 nitrogen and oxygen atoms in total. The third-order valence-electron chi connectivity index (χ3n) is 4.68. The summed E-state index contributed by atoms with van der Waals surface area (Å²) in [6.07, 6.45) is 1.95. The SMILES string of the molecule is C[C@@H]1N=C(C(=O)Nc2ccccc2C(=O)NC2CC2)NN(c2ccccc2)C1=O. The zero-order chi connectivity index (χ0) is 20.4. The van der Waals surface area contributed by atoms with E-state index in [9.17, 15) is 14.4 Å². The van der Waals surface area contributed by atoms with Crippen LogP contribution in [0.25, 0.3) is 0 Å². The Morgan fingerprint density at radius 2 is 1.72 bits per heavy atom. The number of nitrogens with one attached hydrogen (secondary N) is 3. The number of para-hydroxylation sites is 2. The third-order valence-corrected chi connectivity index (χ3v) is 4.68. The lowest BCUT2D eigenvalue weighted by molar-refractivity contribution is -0.120. The number of amides is 3. The van der Waals surface area contributed by atoms with Crippen molar-refractivity contribution in [2.45, 2.75) is 31.8 Å². The Bertz CT molecular complexity index is 985. The molecule has 0 spiro atoms. The first-order valence-corrected chi connectivity index (χ1v) is 9.47. The summed E-state index contributed by atoms with van der Waals surface area (Å²) in [6.45, 7) is 1.63. The maximum absolute atomic E-state index is 12.8. The van der Waals surface area contributed by atoms with Crippen LogP contribution in [-0.2, 0) is 9.59 Å². The number of rotatable bonds is 5. The Labute approximate surface area is 168 Å². The first-order chi connectivity index (χ1) is 14.0. The van der Waals surface area contributed by atoms with Gasteiger partial charge in [-0.3, -0.25) is 19.8 Å². The third kappa shape index (κ3) is 4.11. The minimum absolute atomic E-state index is 0.00152. The van der Waals surface area contributed by atoms with Crippen molar-refractivity contribution in [3.63, 3.8) is 0 Å². The number of anilines is 2. The minimum Gasteiger partial charge on any atom is -0.349 e. The van der Waals surface area contributed by atoms with E-state index in [1.54, 1.807) is 55.5 Å². The van der Waals surface area contributed by atoms with Crippen LogP contribution in [0.15, 0.2) is 59.6 Å². The fourth-order valence-electron chi connectivity index (χ4n) is 2.97. The number of hydrogen-bond acceptors (Lipinski definition) is 5. The Kier molecular flexibility index (Phi) is 4.99. The van der Waals surface area contributed by atoms with Gasteiger partial charge in [-0.15, -0.1) is 0 Å². The van der Waals surface area contributed by atoms with Gasteiger partial charge < -0.3 is 10.6 Å². The van der Waals surface area contributed by atoms with Crippen molar-refractivity contribution in [2.24, 2.45) is 4.99 Å². The van der Waals surface area contributed by atoms with Crippen molar-refractivity contribution in [1.82, 2.24) is 10.7 Å². The summed E-state index contributed by atoms with van der Waals surface area (Å²) in [5.74, 6) is -1.02. The maximum Gasteiger partial charge on any atom is 0.292 e. The largest absolute Gasteiger partial charge is 0.349 e. The monoisotopic (exact) mass is 391 g/mol. The predicted molar refractivity (Wildman–Crippen MR) is 110 cm³/mol. The molecule has 2 aromatic carbocycles. The van der Waals surface area contributed by atoms with Crippen LogP contribution in [0.2, 0.25) is 0 Å². The van der Waals surface area contributed by atoms with Crippen LogP contribution in [0.5, 0.6) is 0 Å². The van der Waals surface area contributed by atoms with Gasteiger partial charge in [0.1, 0.15) is 6.04 Å². The zero-order valence-corrected chi connectivity index (χ0v) is 15.9. The molecule has 2 aliphatic rings. The molecule has 0 unspecified atom stereocenters. The van der Waals surface area contributed by atoms with Gasteiger partial charge in [0.05, 0.1) is 16.9 Å². The summed E-state index contributed by atoms with van der Waals surface area (Å²) in [5, 5.41) is 6.95. The van der Waals surface area contributed by atoms with Crippen molar-refractivity contribution < 1.29 is 14.4 Å². The topological polar surface area (TPSA) is 103 Å². The molecule has 1 fully saturated rings. The van der Waals surface area contributed by atoms with E-state index < -0.39 is 11.9 Å². The highest BCUT2D eigenvalue weighted by Crippen LogP contribution is 2.22. The second kappa shape index (κ2) is 7.75. The number of carbonyl (C=O) groups excluding carboxylic acids is 3. The second-order valence-corrected chi connectivity index (χ2v) is 7.02. The van der Waals surface area contributed by atoms with Gasteiger partial charge in [0, 0.05) is 6.04 Å². The summed E-state index contributed by atoms with van der Waals surface area (Å²) in [6, 6.07) is 15.3. The molecule has 0 radical (unpaired) electrons. The summed E-state index contributed by atoms with van der Waals surface area (Å²) in [7, 11) is 0. The minimum atomic E-state index is -0.717. The van der Waals surface area contributed by atoms with Crippen molar-refractivity contribution in [2.75, 3.05) is 10.3 Å². The fraction of sp³-hybridized carbons (Fsp3) is 0.238. The van der Waals surface area contributed by atoms with Crippen LogP contribution >= 0.6 is 0 Å². The molecular formula is C21H21N5O3. The van der Waals surface area contributed by atoms with E-state index in [1.807, 2.05) is 6.07 Å². The van der Waals surface area contributed by atoms with Gasteiger partial charge in [0.2, 0.25) is 5.84 Å². The van der Waals surface area contributed by atoms with Crippen molar-refractivity contribution in [3.8, 4) is 0 Å². The van der Waals surface area contributed by atoms with E-state index in [-0.39, 0.29) is 23.7 Å². The van der Waals surface area contributed by atoms with Gasteiger partial charge in [-0.25, -0.2) is 10.0 Å². The highest BCUT2D eigenvalue weighted by molar-refractivity contribution is 6.43. The Balaban J connectivity index is 1.53. The fourth-order valence-corrected chi connectivity index (χ4v) is 2.97. The van der Waals surface area contributed by atoms with E-state index in [1.165, 1.54) is 5.01 Å². The molecule has 1 saturated carbocycles. The standard InChI is InChI=1S/C21H21N5O3/c1-13-21(29)26(15-7-3-2-4-8-15)25-18(22-13)20(28)24-17-10-6-5-9-16(17)19(27)23-14-11-12-14/h2-10,13-14H,11-12H2,1H3,(H,22,25)(H,23,27)(H,24,28)/t13-/m0/s1. The highest BCUT2D eigenvalue weighted by Gasteiger charge is 2.31. The maximum atomic E-state index is 12.8. The van der Waals surface area contributed by atoms with Crippen LogP contribution in [0.1, 0.15) is 30.1 Å². The van der Waals surface area contributed by atoms with Gasteiger partial charge in [-0.1, -0.05) is 30.3 Å². The molecule has 148 valence electrons.